The molecule has 0 fully saturated rings. The normalized spacial score (nSPS) is 16.2. The second-order valence-corrected chi connectivity index (χ2v) is 10.6. The average Bonchev–Trinajstić information content (AvgIpc) is 2.68. The van der Waals surface area contributed by atoms with Crippen molar-refractivity contribution < 1.29 is 24.2 Å². The fraction of sp³-hybridized carbons (Fsp3) is 0.692. The standard InChI is InChI=1S/C5H5.C4H9N.2C2H5O.Nb/c1-2-4-5-3-1;1-4(2,3)5;2*1-2-3;/h1-3H,4H2;1-3H3;2*2H2,1H3;/q;;2*-1;+2. The molecule has 4 heteroatoms. The van der Waals surface area contributed by atoms with Crippen LogP contribution >= 0.6 is 0 Å². The molecule has 0 unspecified atom stereocenters. The Morgan fingerprint density at radius 1 is 1.24 bits per heavy atom. The summed E-state index contributed by atoms with van der Waals surface area (Å²) in [6.07, 6.45) is 7.29. The molecule has 0 heterocycles. The fourth-order valence-electron chi connectivity index (χ4n) is 1.72. The van der Waals surface area contributed by atoms with Gasteiger partial charge in [-0.25, -0.2) is 0 Å². The summed E-state index contributed by atoms with van der Waals surface area (Å²) < 4.78 is 18.3. The van der Waals surface area contributed by atoms with E-state index in [-0.39, 0.29) is 5.54 Å². The summed E-state index contributed by atoms with van der Waals surface area (Å²) in [6, 6.07) is 0. The summed E-state index contributed by atoms with van der Waals surface area (Å²) in [5, 5.41) is 0. The molecule has 0 spiro atoms. The van der Waals surface area contributed by atoms with E-state index in [1.807, 2.05) is 13.8 Å². The van der Waals surface area contributed by atoms with Gasteiger partial charge in [0.2, 0.25) is 0 Å². The summed E-state index contributed by atoms with van der Waals surface area (Å²) in [5.74, 6) is 0. The number of allylic oxidation sites excluding steroid dienone is 4. The van der Waals surface area contributed by atoms with Gasteiger partial charge in [0.25, 0.3) is 0 Å². The van der Waals surface area contributed by atoms with Crippen LogP contribution < -0.4 is 0 Å². The van der Waals surface area contributed by atoms with Gasteiger partial charge >= 0.3 is 109 Å². The fourth-order valence-corrected chi connectivity index (χ4v) is 8.48. The van der Waals surface area contributed by atoms with E-state index >= 15 is 0 Å². The number of rotatable bonds is 5. The van der Waals surface area contributed by atoms with Crippen LogP contribution in [0.2, 0.25) is 0 Å². The Kier molecular flexibility index (Phi) is 5.48. The first kappa shape index (κ1) is 15.0. The first-order valence-corrected chi connectivity index (χ1v) is 10.1. The molecule has 0 atom stereocenters. The van der Waals surface area contributed by atoms with Crippen molar-refractivity contribution in [2.75, 3.05) is 13.2 Å². The molecule has 0 aromatic rings. The number of nitrogens with zero attached hydrogens (tertiary/aromatic N) is 1. The van der Waals surface area contributed by atoms with Crippen molar-refractivity contribution in [3.05, 3.63) is 22.0 Å². The van der Waals surface area contributed by atoms with Crippen LogP contribution in [-0.4, -0.2) is 18.8 Å². The molecule has 17 heavy (non-hydrogen) atoms. The average molecular weight is 319 g/mol. The van der Waals surface area contributed by atoms with Gasteiger partial charge in [-0.1, -0.05) is 0 Å². The monoisotopic (exact) mass is 319 g/mol. The first-order valence-electron chi connectivity index (χ1n) is 6.22. The van der Waals surface area contributed by atoms with Crippen molar-refractivity contribution in [1.29, 1.82) is 0 Å². The van der Waals surface area contributed by atoms with Gasteiger partial charge in [-0.15, -0.1) is 0 Å². The third kappa shape index (κ3) is 4.27. The molecular weight excluding hydrogens is 295 g/mol. The molecule has 0 aliphatic heterocycles. The predicted molar refractivity (Wildman–Crippen MR) is 67.3 cm³/mol. The van der Waals surface area contributed by atoms with Crippen LogP contribution in [0, 0.1) is 0 Å². The number of hydrogen-bond acceptors (Lipinski definition) is 3. The van der Waals surface area contributed by atoms with E-state index in [1.54, 1.807) is 0 Å². The summed E-state index contributed by atoms with van der Waals surface area (Å²) >= 11 is -3.31. The zero-order chi connectivity index (χ0) is 12.9. The van der Waals surface area contributed by atoms with Crippen molar-refractivity contribution in [1.82, 2.24) is 0 Å². The third-order valence-corrected chi connectivity index (χ3v) is 9.87. The van der Waals surface area contributed by atoms with Gasteiger partial charge in [0.1, 0.15) is 0 Å². The predicted octanol–water partition coefficient (Wildman–Crippen LogP) is 3.87. The van der Waals surface area contributed by atoms with Crippen LogP contribution in [0.25, 0.3) is 0 Å². The van der Waals surface area contributed by atoms with Gasteiger partial charge in [-0.2, -0.15) is 0 Å². The van der Waals surface area contributed by atoms with Gasteiger partial charge in [0.15, 0.2) is 0 Å². The summed E-state index contributed by atoms with van der Waals surface area (Å²) in [5.41, 5.74) is -0.112. The van der Waals surface area contributed by atoms with Crippen molar-refractivity contribution in [2.45, 2.75) is 46.6 Å². The van der Waals surface area contributed by atoms with Crippen molar-refractivity contribution in [3.63, 3.8) is 0 Å². The molecule has 0 saturated carbocycles. The Balaban J connectivity index is 3.17. The number of hydrogen-bond donors (Lipinski definition) is 0. The Hall–Kier alpha value is -0.0597. The Morgan fingerprint density at radius 2 is 1.82 bits per heavy atom. The van der Waals surface area contributed by atoms with Crippen LogP contribution in [0.1, 0.15) is 41.0 Å². The Bertz CT molecular complexity index is 354. The van der Waals surface area contributed by atoms with Crippen LogP contribution in [0.3, 0.4) is 0 Å². The minimum absolute atomic E-state index is 0.112. The molecule has 0 saturated heterocycles. The maximum atomic E-state index is 6.03. The molecule has 0 amide bonds. The van der Waals surface area contributed by atoms with E-state index in [0.29, 0.717) is 13.2 Å². The minimum atomic E-state index is -3.31. The molecule has 3 nitrogen and oxygen atoms in total. The second kappa shape index (κ2) is 6.21. The molecule has 0 N–H and O–H groups in total. The molecule has 98 valence electrons. The van der Waals surface area contributed by atoms with E-state index in [9.17, 15) is 0 Å². The SMILES string of the molecule is CC[O][Nb](=[N]C(C)(C)C)([O]CC)[C]1=CC=CC1. The van der Waals surface area contributed by atoms with Crippen molar-refractivity contribution in [2.24, 2.45) is 3.34 Å². The van der Waals surface area contributed by atoms with Crippen molar-refractivity contribution >= 4 is 0 Å². The van der Waals surface area contributed by atoms with E-state index in [1.165, 1.54) is 3.79 Å². The quantitative estimate of drug-likeness (QED) is 0.720. The van der Waals surface area contributed by atoms with Crippen LogP contribution in [0.5, 0.6) is 0 Å². The topological polar surface area (TPSA) is 30.8 Å². The van der Waals surface area contributed by atoms with E-state index in [2.05, 4.69) is 39.0 Å². The zero-order valence-corrected chi connectivity index (χ0v) is 13.8. The molecule has 0 radical (unpaired) electrons. The van der Waals surface area contributed by atoms with E-state index < -0.39 is 17.7 Å². The van der Waals surface area contributed by atoms with Crippen LogP contribution in [-0.2, 0) is 24.2 Å². The molecule has 1 rings (SSSR count). The molecule has 0 aromatic heterocycles. The summed E-state index contributed by atoms with van der Waals surface area (Å²) in [7, 11) is 0. The molecule has 1 aliphatic rings. The van der Waals surface area contributed by atoms with Crippen LogP contribution in [0.4, 0.5) is 0 Å². The van der Waals surface area contributed by atoms with Gasteiger partial charge in [-0.3, -0.25) is 0 Å². The first-order chi connectivity index (χ1) is 7.93. The maximum absolute atomic E-state index is 6.03. The second-order valence-electron chi connectivity index (χ2n) is 4.92. The van der Waals surface area contributed by atoms with Gasteiger partial charge in [0.05, 0.1) is 0 Å². The molecule has 1 aliphatic carbocycles. The van der Waals surface area contributed by atoms with E-state index in [4.69, 9.17) is 9.83 Å². The summed E-state index contributed by atoms with van der Waals surface area (Å²) in [4.78, 5) is 0. The Morgan fingerprint density at radius 3 is 2.18 bits per heavy atom. The van der Waals surface area contributed by atoms with Crippen LogP contribution in [0.15, 0.2) is 25.4 Å². The zero-order valence-electron chi connectivity index (χ0n) is 11.6. The Labute approximate surface area is 109 Å². The van der Waals surface area contributed by atoms with E-state index in [0.717, 1.165) is 6.42 Å². The molecular formula is C13H24NNbO2. The van der Waals surface area contributed by atoms with Crippen molar-refractivity contribution in [3.8, 4) is 0 Å². The molecule has 0 bridgehead atoms. The molecule has 0 aromatic carbocycles. The third-order valence-electron chi connectivity index (χ3n) is 2.15. The van der Waals surface area contributed by atoms with Gasteiger partial charge < -0.3 is 0 Å². The van der Waals surface area contributed by atoms with Gasteiger partial charge in [0, 0.05) is 0 Å². The van der Waals surface area contributed by atoms with Gasteiger partial charge in [-0.05, 0) is 0 Å². The summed E-state index contributed by atoms with van der Waals surface area (Å²) in [6.45, 7) is 11.7.